The fraction of sp³-hybridized carbons (Fsp3) is 0.467. The maximum Gasteiger partial charge on any atom is 0.338 e. The van der Waals surface area contributed by atoms with Gasteiger partial charge in [-0.2, -0.15) is 0 Å². The average molecular weight is 292 g/mol. The predicted molar refractivity (Wildman–Crippen MR) is 78.1 cm³/mol. The monoisotopic (exact) mass is 292 g/mol. The Balaban J connectivity index is 2.03. The molecule has 6 heteroatoms. The number of ether oxygens (including phenoxy) is 2. The van der Waals surface area contributed by atoms with Gasteiger partial charge < -0.3 is 20.5 Å². The zero-order valence-electron chi connectivity index (χ0n) is 12.0. The fourth-order valence-electron chi connectivity index (χ4n) is 2.54. The summed E-state index contributed by atoms with van der Waals surface area (Å²) in [4.78, 5) is 23.0. The Bertz CT molecular complexity index is 518. The summed E-state index contributed by atoms with van der Waals surface area (Å²) in [7, 11) is 1.63. The van der Waals surface area contributed by atoms with Gasteiger partial charge in [0.15, 0.2) is 0 Å². The number of amides is 2. The summed E-state index contributed by atoms with van der Waals surface area (Å²) in [6, 6.07) is 5.82. The lowest BCUT2D eigenvalue weighted by molar-refractivity contribution is -0.0539. The molecule has 1 aromatic rings. The topological polar surface area (TPSA) is 90.7 Å². The van der Waals surface area contributed by atoms with Gasteiger partial charge in [-0.25, -0.2) is 9.59 Å². The maximum absolute atomic E-state index is 12.2. The van der Waals surface area contributed by atoms with Gasteiger partial charge in [-0.3, -0.25) is 0 Å². The van der Waals surface area contributed by atoms with Crippen LogP contribution in [0.2, 0.25) is 0 Å². The molecule has 2 atom stereocenters. The van der Waals surface area contributed by atoms with Crippen molar-refractivity contribution < 1.29 is 19.1 Å². The van der Waals surface area contributed by atoms with Gasteiger partial charge >= 0.3 is 12.0 Å². The lowest BCUT2D eigenvalue weighted by Crippen LogP contribution is -2.35. The summed E-state index contributed by atoms with van der Waals surface area (Å²) in [5, 5.41) is 2.43. The molecule has 2 amide bonds. The number of rotatable bonds is 4. The van der Waals surface area contributed by atoms with Crippen molar-refractivity contribution in [2.45, 2.75) is 37.9 Å². The van der Waals surface area contributed by atoms with Crippen molar-refractivity contribution in [3.8, 4) is 0 Å². The minimum absolute atomic E-state index is 0.0466. The van der Waals surface area contributed by atoms with Gasteiger partial charge in [0.2, 0.25) is 0 Å². The Hall–Kier alpha value is -2.08. The van der Waals surface area contributed by atoms with Crippen LogP contribution in [0.15, 0.2) is 24.3 Å². The summed E-state index contributed by atoms with van der Waals surface area (Å²) < 4.78 is 10.9. The molecule has 3 N–H and O–H groups in total. The number of nitrogens with one attached hydrogen (secondary N) is 1. The fourth-order valence-corrected chi connectivity index (χ4v) is 2.54. The molecule has 0 radical (unpaired) electrons. The summed E-state index contributed by atoms with van der Waals surface area (Å²) >= 11 is 0. The zero-order chi connectivity index (χ0) is 15.2. The van der Waals surface area contributed by atoms with Gasteiger partial charge in [0.05, 0.1) is 11.7 Å². The number of methoxy groups -OCH3 is 1. The Morgan fingerprint density at radius 1 is 1.24 bits per heavy atom. The van der Waals surface area contributed by atoms with Crippen molar-refractivity contribution in [1.29, 1.82) is 0 Å². The molecule has 21 heavy (non-hydrogen) atoms. The van der Waals surface area contributed by atoms with Crippen molar-refractivity contribution in [1.82, 2.24) is 0 Å². The maximum atomic E-state index is 12.2. The van der Waals surface area contributed by atoms with E-state index in [9.17, 15) is 9.59 Å². The van der Waals surface area contributed by atoms with Crippen LogP contribution in [0.5, 0.6) is 0 Å². The molecule has 1 saturated carbocycles. The van der Waals surface area contributed by atoms with Crippen molar-refractivity contribution in [2.24, 2.45) is 5.73 Å². The highest BCUT2D eigenvalue weighted by atomic mass is 16.6. The van der Waals surface area contributed by atoms with E-state index in [1.807, 2.05) is 0 Å². The van der Waals surface area contributed by atoms with Crippen molar-refractivity contribution in [3.05, 3.63) is 29.8 Å². The molecule has 0 bridgehead atoms. The van der Waals surface area contributed by atoms with Crippen LogP contribution in [0.3, 0.4) is 0 Å². The molecule has 1 aromatic carbocycles. The second-order valence-electron chi connectivity index (χ2n) is 5.07. The molecule has 6 nitrogen and oxygen atoms in total. The number of carbonyl (C=O) groups excluding carboxylic acids is 2. The van der Waals surface area contributed by atoms with Crippen LogP contribution >= 0.6 is 0 Å². The minimum atomic E-state index is -0.674. The predicted octanol–water partition coefficient (Wildman–Crippen LogP) is 2.29. The third-order valence-corrected chi connectivity index (χ3v) is 3.57. The van der Waals surface area contributed by atoms with Crippen molar-refractivity contribution in [2.75, 3.05) is 12.4 Å². The molecule has 0 spiro atoms. The first-order chi connectivity index (χ1) is 10.1. The third-order valence-electron chi connectivity index (χ3n) is 3.57. The molecule has 1 aliphatic rings. The van der Waals surface area contributed by atoms with E-state index >= 15 is 0 Å². The number of benzene rings is 1. The SMILES string of the molecule is CO[C@H]1CCCC[C@H]1OC(=O)c1cccc(NC(N)=O)c1. The van der Waals surface area contributed by atoms with E-state index in [0.717, 1.165) is 25.7 Å². The molecule has 2 rings (SSSR count). The molecule has 0 aromatic heterocycles. The molecule has 0 saturated heterocycles. The van der Waals surface area contributed by atoms with Gasteiger partial charge in [-0.1, -0.05) is 12.5 Å². The van der Waals surface area contributed by atoms with Crippen LogP contribution < -0.4 is 11.1 Å². The first kappa shape index (κ1) is 15.3. The minimum Gasteiger partial charge on any atom is -0.456 e. The van der Waals surface area contributed by atoms with Crippen molar-refractivity contribution >= 4 is 17.7 Å². The highest BCUT2D eigenvalue weighted by Crippen LogP contribution is 2.24. The lowest BCUT2D eigenvalue weighted by Gasteiger charge is -2.29. The number of esters is 1. The second-order valence-corrected chi connectivity index (χ2v) is 5.07. The van der Waals surface area contributed by atoms with Gasteiger partial charge in [-0.05, 0) is 37.5 Å². The second kappa shape index (κ2) is 7.08. The number of hydrogen-bond donors (Lipinski definition) is 2. The van der Waals surface area contributed by atoms with Crippen LogP contribution in [0.1, 0.15) is 36.0 Å². The third kappa shape index (κ3) is 4.19. The van der Waals surface area contributed by atoms with Crippen LogP contribution in [0, 0.1) is 0 Å². The Morgan fingerprint density at radius 3 is 2.62 bits per heavy atom. The molecule has 114 valence electrons. The standard InChI is InChI=1S/C15H20N2O4/c1-20-12-7-2-3-8-13(12)21-14(18)10-5-4-6-11(9-10)17-15(16)19/h4-6,9,12-13H,2-3,7-8H2,1H3,(H3,16,17,19)/t12-,13+/m0/s1. The summed E-state index contributed by atoms with van der Waals surface area (Å²) in [6.45, 7) is 0. The molecule has 1 fully saturated rings. The van der Waals surface area contributed by atoms with Gasteiger partial charge in [0, 0.05) is 12.8 Å². The average Bonchev–Trinajstić information content (AvgIpc) is 2.47. The highest BCUT2D eigenvalue weighted by Gasteiger charge is 2.28. The molecule has 0 heterocycles. The first-order valence-electron chi connectivity index (χ1n) is 7.00. The quantitative estimate of drug-likeness (QED) is 0.833. The number of carbonyl (C=O) groups is 2. The molecule has 0 aliphatic heterocycles. The highest BCUT2D eigenvalue weighted by molar-refractivity contribution is 5.93. The van der Waals surface area contributed by atoms with E-state index in [1.165, 1.54) is 6.07 Å². The van der Waals surface area contributed by atoms with Gasteiger partial charge in [-0.15, -0.1) is 0 Å². The Kier molecular flexibility index (Phi) is 5.16. The lowest BCUT2D eigenvalue weighted by atomic mass is 9.94. The van der Waals surface area contributed by atoms with Gasteiger partial charge in [0.25, 0.3) is 0 Å². The molecule has 1 aliphatic carbocycles. The summed E-state index contributed by atoms with van der Waals surface area (Å²) in [5.74, 6) is -0.419. The smallest absolute Gasteiger partial charge is 0.338 e. The Labute approximate surface area is 123 Å². The van der Waals surface area contributed by atoms with E-state index in [-0.39, 0.29) is 12.2 Å². The number of hydrogen-bond acceptors (Lipinski definition) is 4. The number of anilines is 1. The number of nitrogens with two attached hydrogens (primary N) is 1. The first-order valence-corrected chi connectivity index (χ1v) is 7.00. The van der Waals surface area contributed by atoms with Gasteiger partial charge in [0.1, 0.15) is 6.10 Å². The molecular formula is C15H20N2O4. The number of urea groups is 1. The molecular weight excluding hydrogens is 272 g/mol. The van der Waals surface area contributed by atoms with E-state index in [2.05, 4.69) is 5.32 Å². The van der Waals surface area contributed by atoms with Crippen LogP contribution in [-0.2, 0) is 9.47 Å². The molecule has 0 unspecified atom stereocenters. The normalized spacial score (nSPS) is 21.6. The number of primary amides is 1. The summed E-state index contributed by atoms with van der Waals surface area (Å²) in [5.41, 5.74) is 5.89. The Morgan fingerprint density at radius 2 is 1.95 bits per heavy atom. The van der Waals surface area contributed by atoms with E-state index in [0.29, 0.717) is 11.3 Å². The van der Waals surface area contributed by atoms with E-state index < -0.39 is 12.0 Å². The van der Waals surface area contributed by atoms with Crippen molar-refractivity contribution in [3.63, 3.8) is 0 Å². The zero-order valence-corrected chi connectivity index (χ0v) is 12.0. The van der Waals surface area contributed by atoms with E-state index in [1.54, 1.807) is 25.3 Å². The van der Waals surface area contributed by atoms with Crippen LogP contribution in [-0.4, -0.2) is 31.3 Å². The largest absolute Gasteiger partial charge is 0.456 e. The van der Waals surface area contributed by atoms with Crippen LogP contribution in [0.25, 0.3) is 0 Å². The van der Waals surface area contributed by atoms with Crippen LogP contribution in [0.4, 0.5) is 10.5 Å². The summed E-state index contributed by atoms with van der Waals surface area (Å²) in [6.07, 6.45) is 3.56. The van der Waals surface area contributed by atoms with E-state index in [4.69, 9.17) is 15.2 Å².